The van der Waals surface area contributed by atoms with Crippen molar-refractivity contribution in [3.8, 4) is 0 Å². The second-order valence-electron chi connectivity index (χ2n) is 10.3. The van der Waals surface area contributed by atoms with Crippen molar-refractivity contribution in [3.63, 3.8) is 0 Å². The molecule has 4 aliphatic carbocycles. The second-order valence-corrected chi connectivity index (χ2v) is 10.7. The third kappa shape index (κ3) is 3.23. The Morgan fingerprint density at radius 1 is 1.33 bits per heavy atom. The molecule has 0 aromatic carbocycles. The zero-order valence-corrected chi connectivity index (χ0v) is 22.5. The normalized spacial score (nSPS) is 48.0. The number of carbonyl (C=O) groups excluding carboxylic acids is 2. The second kappa shape index (κ2) is 8.47. The number of hydrogen-bond acceptors (Lipinski definition) is 6. The van der Waals surface area contributed by atoms with Gasteiger partial charge in [-0.05, 0) is 54.9 Å². The van der Waals surface area contributed by atoms with Crippen LogP contribution < -0.4 is 34.7 Å². The molecule has 0 spiro atoms. The van der Waals surface area contributed by atoms with Crippen LogP contribution in [0.5, 0.6) is 0 Å². The van der Waals surface area contributed by atoms with Crippen LogP contribution in [0.4, 0.5) is 8.78 Å². The smallest absolute Gasteiger partial charge is 0.865 e. The van der Waals surface area contributed by atoms with E-state index in [4.69, 9.17) is 17.0 Å². The number of ether oxygens (including phenoxy) is 1. The summed E-state index contributed by atoms with van der Waals surface area (Å²) in [5.74, 6) is -3.02. The number of fused-ring (bicyclic) bond motifs is 5. The van der Waals surface area contributed by atoms with Crippen LogP contribution in [-0.4, -0.2) is 45.5 Å². The van der Waals surface area contributed by atoms with Crippen molar-refractivity contribution in [1.82, 2.24) is 0 Å². The molecule has 0 amide bonds. The van der Waals surface area contributed by atoms with E-state index in [0.29, 0.717) is 6.42 Å². The van der Waals surface area contributed by atoms with Gasteiger partial charge in [-0.15, -0.1) is 0 Å². The maximum Gasteiger partial charge on any atom is 1.00 e. The van der Waals surface area contributed by atoms with E-state index in [1.54, 1.807) is 20.8 Å². The first-order valence-corrected chi connectivity index (χ1v) is 11.6. The molecule has 3 saturated carbocycles. The standard InChI is InChI=1S/C24H30F2O5S.Na/c1-5-19(29)31-24(20(30)32)12(2)8-14-15-10-17(25)16-9-13(27)6-7-21(16,3)23(15,26)18(28)11-22(14,24)4;/h6-7,9,12,14-15,17-18,28H,5,8,10-11H2,1-4H3,(H,30,32);/q;+1/p-1/t12-,14?,15?,17+,18+,21+,22+,23+,24+;/m1./s1. The number of alkyl halides is 2. The number of rotatable bonds is 3. The molecule has 4 rings (SSSR count). The molecule has 0 aliphatic heterocycles. The monoisotopic (exact) mass is 490 g/mol. The van der Waals surface area contributed by atoms with E-state index in [1.165, 1.54) is 19.1 Å². The van der Waals surface area contributed by atoms with Crippen molar-refractivity contribution in [2.45, 2.75) is 76.9 Å². The van der Waals surface area contributed by atoms with Gasteiger partial charge < -0.3 is 14.9 Å². The summed E-state index contributed by atoms with van der Waals surface area (Å²) in [7, 11) is 0. The maximum atomic E-state index is 17.1. The Bertz CT molecular complexity index is 955. The quantitative estimate of drug-likeness (QED) is 0.339. The first-order valence-electron chi connectivity index (χ1n) is 11.2. The molecule has 0 saturated heterocycles. The minimum atomic E-state index is -2.25. The molecule has 4 aliphatic rings. The van der Waals surface area contributed by atoms with Crippen LogP contribution in [0.25, 0.3) is 0 Å². The Labute approximate surface area is 220 Å². The van der Waals surface area contributed by atoms with Crippen LogP contribution in [0, 0.1) is 28.6 Å². The number of halogens is 2. The predicted octanol–water partition coefficient (Wildman–Crippen LogP) is -0.0651. The third-order valence-electron chi connectivity index (χ3n) is 9.04. The molecular weight excluding hydrogens is 461 g/mol. The predicted molar refractivity (Wildman–Crippen MR) is 115 cm³/mol. The molecule has 9 atom stereocenters. The maximum absolute atomic E-state index is 17.1. The molecule has 1 N–H and O–H groups in total. The number of hydrogen-bond donors (Lipinski definition) is 1. The van der Waals surface area contributed by atoms with Gasteiger partial charge in [0.25, 0.3) is 0 Å². The summed E-state index contributed by atoms with van der Waals surface area (Å²) in [5, 5.41) is 23.4. The fourth-order valence-electron chi connectivity index (χ4n) is 7.47. The van der Waals surface area contributed by atoms with Gasteiger partial charge in [0.2, 0.25) is 0 Å². The van der Waals surface area contributed by atoms with Crippen LogP contribution in [0.3, 0.4) is 0 Å². The van der Waals surface area contributed by atoms with Crippen LogP contribution in [0.2, 0.25) is 0 Å². The zero-order valence-electron chi connectivity index (χ0n) is 19.7. The van der Waals surface area contributed by atoms with E-state index < -0.39 is 68.9 Å². The molecule has 2 unspecified atom stereocenters. The fraction of sp³-hybridized carbons (Fsp3) is 0.708. The van der Waals surface area contributed by atoms with E-state index in [9.17, 15) is 19.8 Å². The number of ketones is 1. The molecule has 5 nitrogen and oxygen atoms in total. The van der Waals surface area contributed by atoms with Gasteiger partial charge in [0.05, 0.1) is 6.10 Å². The Kier molecular flexibility index (Phi) is 6.91. The third-order valence-corrected chi connectivity index (χ3v) is 9.34. The topological polar surface area (TPSA) is 86.7 Å². The van der Waals surface area contributed by atoms with Crippen LogP contribution in [0.1, 0.15) is 53.4 Å². The average Bonchev–Trinajstić information content (AvgIpc) is 2.93. The van der Waals surface area contributed by atoms with Gasteiger partial charge in [-0.3, -0.25) is 9.59 Å². The first-order chi connectivity index (χ1) is 14.8. The summed E-state index contributed by atoms with van der Waals surface area (Å²) in [4.78, 5) is 24.2. The summed E-state index contributed by atoms with van der Waals surface area (Å²) >= 11 is 5.07. The van der Waals surface area contributed by atoms with E-state index in [1.807, 2.05) is 0 Å². The number of allylic oxidation sites excluding steroid dienone is 4. The van der Waals surface area contributed by atoms with E-state index in [0.717, 1.165) is 6.08 Å². The molecule has 9 heteroatoms. The molecule has 0 radical (unpaired) electrons. The number of thiocarbonyl (C=S) groups is 1. The SMILES string of the molecule is CCC(=O)O[C@]1(C([O-])=S)[C@H](C)CC2C3C[C@H](F)C4=CC(=O)C=C[C@]4(C)[C@@]3(F)[C@@H](O)C[C@@]21C.[Na+]. The number of aliphatic hydroxyl groups is 1. The molecule has 33 heavy (non-hydrogen) atoms. The fourth-order valence-corrected chi connectivity index (χ4v) is 7.95. The molecule has 3 fully saturated rings. The molecule has 0 bridgehead atoms. The summed E-state index contributed by atoms with van der Waals surface area (Å²) < 4.78 is 38.3. The van der Waals surface area contributed by atoms with Crippen LogP contribution >= 0.6 is 12.2 Å². The van der Waals surface area contributed by atoms with Crippen molar-refractivity contribution < 1.29 is 62.9 Å². The zero-order chi connectivity index (χ0) is 23.9. The molecule has 0 heterocycles. The average molecular weight is 491 g/mol. The summed E-state index contributed by atoms with van der Waals surface area (Å²) in [6.07, 6.45) is 0.529. The van der Waals surface area contributed by atoms with Crippen LogP contribution in [-0.2, 0) is 14.3 Å². The summed E-state index contributed by atoms with van der Waals surface area (Å²) in [6, 6.07) is 0. The first kappa shape index (κ1) is 26.9. The number of aliphatic hydroxyl groups excluding tert-OH is 1. The minimum Gasteiger partial charge on any atom is -0.865 e. The largest absolute Gasteiger partial charge is 1.00 e. The molecule has 0 aromatic rings. The van der Waals surface area contributed by atoms with Gasteiger partial charge in [-0.25, -0.2) is 8.78 Å². The van der Waals surface area contributed by atoms with Crippen LogP contribution in [0.15, 0.2) is 23.8 Å². The van der Waals surface area contributed by atoms with Crippen molar-refractivity contribution in [3.05, 3.63) is 23.8 Å². The van der Waals surface area contributed by atoms with Crippen molar-refractivity contribution in [1.29, 1.82) is 0 Å². The Hall–Kier alpha value is -0.670. The van der Waals surface area contributed by atoms with Gasteiger partial charge in [0, 0.05) is 29.1 Å². The minimum absolute atomic E-state index is 0. The summed E-state index contributed by atoms with van der Waals surface area (Å²) in [6.45, 7) is 6.57. The molecule has 0 aromatic heterocycles. The van der Waals surface area contributed by atoms with Crippen molar-refractivity contribution >= 4 is 29.0 Å². The van der Waals surface area contributed by atoms with Crippen molar-refractivity contribution in [2.24, 2.45) is 28.6 Å². The summed E-state index contributed by atoms with van der Waals surface area (Å²) in [5.41, 5.74) is -6.56. The van der Waals surface area contributed by atoms with Gasteiger partial charge in [0.15, 0.2) is 11.5 Å². The van der Waals surface area contributed by atoms with E-state index in [-0.39, 0.29) is 54.4 Å². The van der Waals surface area contributed by atoms with E-state index >= 15 is 8.78 Å². The Morgan fingerprint density at radius 3 is 2.55 bits per heavy atom. The van der Waals surface area contributed by atoms with E-state index in [2.05, 4.69) is 0 Å². The van der Waals surface area contributed by atoms with Gasteiger partial charge in [-0.2, -0.15) is 0 Å². The van der Waals surface area contributed by atoms with Gasteiger partial charge in [-0.1, -0.05) is 39.1 Å². The molecule has 176 valence electrons. The van der Waals surface area contributed by atoms with Gasteiger partial charge >= 0.3 is 35.5 Å². The van der Waals surface area contributed by atoms with Crippen molar-refractivity contribution in [2.75, 3.05) is 0 Å². The number of esters is 1. The Morgan fingerprint density at radius 2 is 1.97 bits per heavy atom. The Balaban J connectivity index is 0.00000306. The molecular formula is C24H29F2NaO5S. The van der Waals surface area contributed by atoms with Gasteiger partial charge in [0.1, 0.15) is 11.8 Å². The number of carbonyl (C=O) groups is 2.